The van der Waals surface area contributed by atoms with Gasteiger partial charge in [0.05, 0.1) is 6.20 Å². The van der Waals surface area contributed by atoms with Gasteiger partial charge in [0, 0.05) is 31.5 Å². The lowest BCUT2D eigenvalue weighted by Gasteiger charge is -2.43. The number of piperidine rings is 1. The first kappa shape index (κ1) is 15.9. The molecule has 0 radical (unpaired) electrons. The summed E-state index contributed by atoms with van der Waals surface area (Å²) in [6.07, 6.45) is 1.28. The van der Waals surface area contributed by atoms with Crippen LogP contribution in [0.1, 0.15) is 18.9 Å². The summed E-state index contributed by atoms with van der Waals surface area (Å²) >= 11 is 5.74. The highest BCUT2D eigenvalue weighted by Crippen LogP contribution is 2.40. The Kier molecular flexibility index (Phi) is 4.59. The van der Waals surface area contributed by atoms with E-state index in [0.717, 1.165) is 0 Å². The minimum absolute atomic E-state index is 0.00541. The molecule has 1 saturated heterocycles. The van der Waals surface area contributed by atoms with Gasteiger partial charge in [-0.25, -0.2) is 13.8 Å². The van der Waals surface area contributed by atoms with Gasteiger partial charge in [0.1, 0.15) is 11.6 Å². The summed E-state index contributed by atoms with van der Waals surface area (Å²) in [6.45, 7) is 1.22. The molecule has 1 aromatic heterocycles. The average molecular weight is 317 g/mol. The van der Waals surface area contributed by atoms with Gasteiger partial charge in [-0.3, -0.25) is 0 Å². The summed E-state index contributed by atoms with van der Waals surface area (Å²) < 4.78 is 28.3. The first-order valence-electron chi connectivity index (χ1n) is 6.56. The van der Waals surface area contributed by atoms with Crippen molar-refractivity contribution >= 4 is 17.4 Å². The molecule has 1 aliphatic rings. The number of rotatable bonds is 3. The van der Waals surface area contributed by atoms with E-state index in [-0.39, 0.29) is 42.8 Å². The van der Waals surface area contributed by atoms with Crippen molar-refractivity contribution in [3.05, 3.63) is 17.0 Å². The standard InChI is InChI=1S/C13H15ClF2N4O/c1-8-6-20(7-10(2-3-21)13(8,15)16)11-9(4-17)5-18-12(14)19-11/h5,8,10,21H,2-3,6-7H2,1H3/t8-,10+/m0/s1. The average Bonchev–Trinajstić information content (AvgIpc) is 2.44. The van der Waals surface area contributed by atoms with Gasteiger partial charge in [0.15, 0.2) is 5.82 Å². The maximum Gasteiger partial charge on any atom is 0.256 e. The number of nitrogens with zero attached hydrogens (tertiary/aromatic N) is 4. The number of halogens is 3. The van der Waals surface area contributed by atoms with E-state index < -0.39 is 17.8 Å². The van der Waals surface area contributed by atoms with Crippen LogP contribution in [0.3, 0.4) is 0 Å². The molecule has 2 heterocycles. The van der Waals surface area contributed by atoms with E-state index >= 15 is 0 Å². The monoisotopic (exact) mass is 316 g/mol. The lowest BCUT2D eigenvalue weighted by atomic mass is 9.84. The lowest BCUT2D eigenvalue weighted by Crippen LogP contribution is -2.53. The predicted molar refractivity (Wildman–Crippen MR) is 73.3 cm³/mol. The molecule has 1 N–H and O–H groups in total. The van der Waals surface area contributed by atoms with E-state index in [4.69, 9.17) is 22.0 Å². The molecule has 0 spiro atoms. The van der Waals surface area contributed by atoms with E-state index in [1.165, 1.54) is 13.1 Å². The number of alkyl halides is 2. The summed E-state index contributed by atoms with van der Waals surface area (Å²) in [6, 6.07) is 1.94. The molecule has 0 aliphatic carbocycles. The van der Waals surface area contributed by atoms with E-state index in [1.807, 2.05) is 6.07 Å². The molecule has 2 atom stereocenters. The fourth-order valence-corrected chi connectivity index (χ4v) is 2.73. The van der Waals surface area contributed by atoms with Gasteiger partial charge in [-0.15, -0.1) is 0 Å². The van der Waals surface area contributed by atoms with Crippen LogP contribution in [0.5, 0.6) is 0 Å². The maximum absolute atomic E-state index is 14.1. The molecule has 1 fully saturated rings. The Bertz CT molecular complexity index is 564. The van der Waals surface area contributed by atoms with Crippen LogP contribution in [0.4, 0.5) is 14.6 Å². The second kappa shape index (κ2) is 6.08. The quantitative estimate of drug-likeness (QED) is 0.864. The van der Waals surface area contributed by atoms with Crippen LogP contribution < -0.4 is 4.90 Å². The van der Waals surface area contributed by atoms with Crippen molar-refractivity contribution in [3.63, 3.8) is 0 Å². The van der Waals surface area contributed by atoms with Gasteiger partial charge in [-0.1, -0.05) is 6.92 Å². The molecular formula is C13H15ClF2N4O. The SMILES string of the molecule is C[C@H]1CN(c2nc(Cl)ncc2C#N)C[C@@H](CCO)C1(F)F. The number of aliphatic hydroxyl groups is 1. The molecular weight excluding hydrogens is 302 g/mol. The molecule has 8 heteroatoms. The largest absolute Gasteiger partial charge is 0.396 e. The fourth-order valence-electron chi connectivity index (χ4n) is 2.60. The van der Waals surface area contributed by atoms with Crippen molar-refractivity contribution in [2.45, 2.75) is 19.3 Å². The van der Waals surface area contributed by atoms with Gasteiger partial charge in [-0.05, 0) is 18.0 Å². The van der Waals surface area contributed by atoms with Crippen molar-refractivity contribution in [2.75, 3.05) is 24.6 Å². The summed E-state index contributed by atoms with van der Waals surface area (Å²) in [5.74, 6) is -4.50. The summed E-state index contributed by atoms with van der Waals surface area (Å²) in [5.41, 5.74) is 0.194. The maximum atomic E-state index is 14.1. The summed E-state index contributed by atoms with van der Waals surface area (Å²) in [7, 11) is 0. The highest BCUT2D eigenvalue weighted by atomic mass is 35.5. The van der Waals surface area contributed by atoms with Crippen LogP contribution >= 0.6 is 11.6 Å². The van der Waals surface area contributed by atoms with Crippen LogP contribution in [-0.4, -0.2) is 40.7 Å². The van der Waals surface area contributed by atoms with E-state index in [1.54, 1.807) is 4.90 Å². The summed E-state index contributed by atoms with van der Waals surface area (Å²) in [5, 5.41) is 18.0. The Labute approximate surface area is 126 Å². The second-order valence-electron chi connectivity index (χ2n) is 5.18. The Morgan fingerprint density at radius 1 is 1.57 bits per heavy atom. The van der Waals surface area contributed by atoms with Crippen molar-refractivity contribution in [1.82, 2.24) is 9.97 Å². The van der Waals surface area contributed by atoms with Crippen LogP contribution in [0, 0.1) is 23.2 Å². The number of nitriles is 1. The first-order valence-corrected chi connectivity index (χ1v) is 6.94. The first-order chi connectivity index (χ1) is 9.90. The Morgan fingerprint density at radius 3 is 2.90 bits per heavy atom. The molecule has 5 nitrogen and oxygen atoms in total. The second-order valence-corrected chi connectivity index (χ2v) is 5.52. The van der Waals surface area contributed by atoms with Gasteiger partial charge in [0.25, 0.3) is 5.92 Å². The van der Waals surface area contributed by atoms with Gasteiger partial charge >= 0.3 is 0 Å². The van der Waals surface area contributed by atoms with E-state index in [9.17, 15) is 8.78 Å². The van der Waals surface area contributed by atoms with Gasteiger partial charge < -0.3 is 10.0 Å². The van der Waals surface area contributed by atoms with Crippen LogP contribution in [-0.2, 0) is 0 Å². The topological polar surface area (TPSA) is 73.0 Å². The number of aliphatic hydroxyl groups excluding tert-OH is 1. The van der Waals surface area contributed by atoms with Crippen molar-refractivity contribution < 1.29 is 13.9 Å². The van der Waals surface area contributed by atoms with Crippen molar-refractivity contribution in [2.24, 2.45) is 11.8 Å². The van der Waals surface area contributed by atoms with Crippen molar-refractivity contribution in [1.29, 1.82) is 5.26 Å². The minimum atomic E-state index is -2.86. The number of hydrogen-bond acceptors (Lipinski definition) is 5. The fraction of sp³-hybridized carbons (Fsp3) is 0.615. The molecule has 114 valence electrons. The van der Waals surface area contributed by atoms with Gasteiger partial charge in [0.2, 0.25) is 5.28 Å². The number of anilines is 1. The molecule has 0 amide bonds. The Balaban J connectivity index is 2.34. The highest BCUT2D eigenvalue weighted by molar-refractivity contribution is 6.28. The Hall–Kier alpha value is -1.52. The molecule has 0 bridgehead atoms. The number of aromatic nitrogens is 2. The molecule has 0 saturated carbocycles. The molecule has 1 aromatic rings. The zero-order chi connectivity index (χ0) is 15.6. The van der Waals surface area contributed by atoms with Crippen molar-refractivity contribution in [3.8, 4) is 6.07 Å². The van der Waals surface area contributed by atoms with Crippen LogP contribution in [0.2, 0.25) is 5.28 Å². The molecule has 1 aliphatic heterocycles. The third-order valence-electron chi connectivity index (χ3n) is 3.77. The van der Waals surface area contributed by atoms with Crippen LogP contribution in [0.25, 0.3) is 0 Å². The van der Waals surface area contributed by atoms with E-state index in [2.05, 4.69) is 9.97 Å². The zero-order valence-electron chi connectivity index (χ0n) is 11.4. The third-order valence-corrected chi connectivity index (χ3v) is 3.96. The molecule has 21 heavy (non-hydrogen) atoms. The zero-order valence-corrected chi connectivity index (χ0v) is 12.2. The molecule has 2 rings (SSSR count). The van der Waals surface area contributed by atoms with Gasteiger partial charge in [-0.2, -0.15) is 10.2 Å². The smallest absolute Gasteiger partial charge is 0.256 e. The number of hydrogen-bond donors (Lipinski definition) is 1. The normalized spacial score (nSPS) is 24.7. The molecule has 0 unspecified atom stereocenters. The third kappa shape index (κ3) is 3.06. The summed E-state index contributed by atoms with van der Waals surface area (Å²) in [4.78, 5) is 9.34. The van der Waals surface area contributed by atoms with Crippen LogP contribution in [0.15, 0.2) is 6.20 Å². The molecule has 0 aromatic carbocycles. The highest BCUT2D eigenvalue weighted by Gasteiger charge is 2.49. The Morgan fingerprint density at radius 2 is 2.29 bits per heavy atom. The van der Waals surface area contributed by atoms with E-state index in [0.29, 0.717) is 0 Å². The lowest BCUT2D eigenvalue weighted by molar-refractivity contribution is -0.116. The minimum Gasteiger partial charge on any atom is -0.396 e. The predicted octanol–water partition coefficient (Wildman–Crippen LogP) is 2.09.